The van der Waals surface area contributed by atoms with Gasteiger partial charge in [0, 0.05) is 24.8 Å². The lowest BCUT2D eigenvalue weighted by Crippen LogP contribution is -2.14. The van der Waals surface area contributed by atoms with Crippen LogP contribution in [0.4, 0.5) is 0 Å². The molecule has 2 aromatic rings. The van der Waals surface area contributed by atoms with Crippen LogP contribution < -0.4 is 5.73 Å². The largest absolute Gasteiger partial charge is 0.324 e. The van der Waals surface area contributed by atoms with Crippen molar-refractivity contribution in [2.45, 2.75) is 39.7 Å². The second-order valence-electron chi connectivity index (χ2n) is 5.29. The maximum absolute atomic E-state index is 6.35. The van der Waals surface area contributed by atoms with Crippen molar-refractivity contribution >= 4 is 0 Å². The Morgan fingerprint density at radius 1 is 1.26 bits per heavy atom. The zero-order chi connectivity index (χ0) is 14.0. The van der Waals surface area contributed by atoms with Gasteiger partial charge < -0.3 is 5.73 Å². The first-order chi connectivity index (χ1) is 9.01. The maximum Gasteiger partial charge on any atom is 0.0669 e. The summed E-state index contributed by atoms with van der Waals surface area (Å²) >= 11 is 0. The molecule has 0 saturated carbocycles. The second kappa shape index (κ2) is 5.57. The van der Waals surface area contributed by atoms with E-state index < -0.39 is 0 Å². The number of aryl methyl sites for hydroxylation is 4. The van der Waals surface area contributed by atoms with Crippen LogP contribution in [0.3, 0.4) is 0 Å². The summed E-state index contributed by atoms with van der Waals surface area (Å²) in [5.41, 5.74) is 12.6. The average Bonchev–Trinajstić information content (AvgIpc) is 2.75. The number of hydrogen-bond donors (Lipinski definition) is 1. The summed E-state index contributed by atoms with van der Waals surface area (Å²) in [6.45, 7) is 6.40. The SMILES string of the molecule is CCc1nn(C)cc1C(N)Cc1ccc(C)c(C)c1. The Bertz CT molecular complexity index is 569. The van der Waals surface area contributed by atoms with Gasteiger partial charge in [0.1, 0.15) is 0 Å². The molecule has 2 N–H and O–H groups in total. The highest BCUT2D eigenvalue weighted by atomic mass is 15.3. The molecule has 0 bridgehead atoms. The van der Waals surface area contributed by atoms with Crippen LogP contribution in [0.2, 0.25) is 0 Å². The predicted octanol–water partition coefficient (Wildman–Crippen LogP) is 2.84. The fourth-order valence-corrected chi connectivity index (χ4v) is 2.43. The molecule has 1 heterocycles. The number of aromatic nitrogens is 2. The molecule has 1 aromatic carbocycles. The van der Waals surface area contributed by atoms with Crippen LogP contribution in [0.5, 0.6) is 0 Å². The molecule has 1 aromatic heterocycles. The normalized spacial score (nSPS) is 12.7. The van der Waals surface area contributed by atoms with Gasteiger partial charge in [-0.3, -0.25) is 4.68 Å². The molecule has 3 heteroatoms. The average molecular weight is 257 g/mol. The lowest BCUT2D eigenvalue weighted by Gasteiger charge is -2.12. The third-order valence-corrected chi connectivity index (χ3v) is 3.70. The third kappa shape index (κ3) is 3.04. The molecule has 0 aliphatic rings. The van der Waals surface area contributed by atoms with E-state index in [1.165, 1.54) is 22.3 Å². The Hall–Kier alpha value is -1.61. The Morgan fingerprint density at radius 2 is 2.00 bits per heavy atom. The first-order valence-corrected chi connectivity index (χ1v) is 6.85. The van der Waals surface area contributed by atoms with Crippen molar-refractivity contribution in [3.63, 3.8) is 0 Å². The molecule has 3 nitrogen and oxygen atoms in total. The fourth-order valence-electron chi connectivity index (χ4n) is 2.43. The quantitative estimate of drug-likeness (QED) is 0.915. The summed E-state index contributed by atoms with van der Waals surface area (Å²) in [6.07, 6.45) is 3.83. The molecule has 102 valence electrons. The first kappa shape index (κ1) is 13.8. The zero-order valence-electron chi connectivity index (χ0n) is 12.3. The highest BCUT2D eigenvalue weighted by Crippen LogP contribution is 2.21. The summed E-state index contributed by atoms with van der Waals surface area (Å²) in [5.74, 6) is 0. The smallest absolute Gasteiger partial charge is 0.0669 e. The minimum Gasteiger partial charge on any atom is -0.324 e. The monoisotopic (exact) mass is 257 g/mol. The van der Waals surface area contributed by atoms with Crippen LogP contribution in [0.15, 0.2) is 24.4 Å². The molecule has 0 saturated heterocycles. The molecule has 1 atom stereocenters. The van der Waals surface area contributed by atoms with Gasteiger partial charge in [-0.25, -0.2) is 0 Å². The van der Waals surface area contributed by atoms with Crippen molar-refractivity contribution in [3.8, 4) is 0 Å². The summed E-state index contributed by atoms with van der Waals surface area (Å²) in [6, 6.07) is 6.59. The molecule has 2 rings (SSSR count). The summed E-state index contributed by atoms with van der Waals surface area (Å²) in [7, 11) is 1.95. The van der Waals surface area contributed by atoms with Gasteiger partial charge >= 0.3 is 0 Å². The number of rotatable bonds is 4. The van der Waals surface area contributed by atoms with E-state index in [1.54, 1.807) is 0 Å². The fraction of sp³-hybridized carbons (Fsp3) is 0.438. The van der Waals surface area contributed by atoms with Crippen LogP contribution in [0, 0.1) is 13.8 Å². The second-order valence-corrected chi connectivity index (χ2v) is 5.29. The van der Waals surface area contributed by atoms with Crippen molar-refractivity contribution in [2.24, 2.45) is 12.8 Å². The lowest BCUT2D eigenvalue weighted by molar-refractivity contribution is 0.711. The highest BCUT2D eigenvalue weighted by Gasteiger charge is 2.14. The number of nitrogens with zero attached hydrogens (tertiary/aromatic N) is 2. The Balaban J connectivity index is 2.20. The van der Waals surface area contributed by atoms with Crippen molar-refractivity contribution in [3.05, 3.63) is 52.3 Å². The molecule has 0 fully saturated rings. The molecular formula is C16H23N3. The van der Waals surface area contributed by atoms with E-state index >= 15 is 0 Å². The standard InChI is InChI=1S/C16H23N3/c1-5-16-14(10-19(4)18-16)15(17)9-13-7-6-11(2)12(3)8-13/h6-8,10,15H,5,9,17H2,1-4H3. The van der Waals surface area contributed by atoms with Gasteiger partial charge in [-0.2, -0.15) is 5.10 Å². The topological polar surface area (TPSA) is 43.8 Å². The van der Waals surface area contributed by atoms with Crippen molar-refractivity contribution in [1.82, 2.24) is 9.78 Å². The molecule has 19 heavy (non-hydrogen) atoms. The Morgan fingerprint density at radius 3 is 2.63 bits per heavy atom. The molecular weight excluding hydrogens is 234 g/mol. The summed E-state index contributed by atoms with van der Waals surface area (Å²) in [4.78, 5) is 0. The van der Waals surface area contributed by atoms with Crippen molar-refractivity contribution < 1.29 is 0 Å². The molecule has 0 radical (unpaired) electrons. The molecule has 0 aliphatic carbocycles. The van der Waals surface area contributed by atoms with Crippen LogP contribution >= 0.6 is 0 Å². The highest BCUT2D eigenvalue weighted by molar-refractivity contribution is 5.32. The molecule has 0 spiro atoms. The number of benzene rings is 1. The van der Waals surface area contributed by atoms with Crippen molar-refractivity contribution in [2.75, 3.05) is 0 Å². The van der Waals surface area contributed by atoms with Gasteiger partial charge in [-0.1, -0.05) is 25.1 Å². The van der Waals surface area contributed by atoms with Gasteiger partial charge in [0.25, 0.3) is 0 Å². The zero-order valence-corrected chi connectivity index (χ0v) is 12.3. The number of hydrogen-bond acceptors (Lipinski definition) is 2. The third-order valence-electron chi connectivity index (χ3n) is 3.70. The molecule has 0 aliphatic heterocycles. The van der Waals surface area contributed by atoms with E-state index in [2.05, 4.69) is 44.1 Å². The minimum atomic E-state index is 0.0192. The number of nitrogens with two attached hydrogens (primary N) is 1. The Kier molecular flexibility index (Phi) is 4.05. The maximum atomic E-state index is 6.35. The van der Waals surface area contributed by atoms with Gasteiger partial charge in [0.15, 0.2) is 0 Å². The van der Waals surface area contributed by atoms with E-state index in [4.69, 9.17) is 5.73 Å². The Labute approximate surface area is 115 Å². The van der Waals surface area contributed by atoms with Gasteiger partial charge in [-0.15, -0.1) is 0 Å². The van der Waals surface area contributed by atoms with Crippen LogP contribution in [-0.4, -0.2) is 9.78 Å². The lowest BCUT2D eigenvalue weighted by atomic mass is 9.97. The van der Waals surface area contributed by atoms with Crippen LogP contribution in [0.25, 0.3) is 0 Å². The van der Waals surface area contributed by atoms with E-state index in [9.17, 15) is 0 Å². The minimum absolute atomic E-state index is 0.0192. The molecule has 1 unspecified atom stereocenters. The van der Waals surface area contributed by atoms with Gasteiger partial charge in [0.05, 0.1) is 5.69 Å². The van der Waals surface area contributed by atoms with E-state index in [-0.39, 0.29) is 6.04 Å². The van der Waals surface area contributed by atoms with Crippen LogP contribution in [0.1, 0.15) is 40.9 Å². The predicted molar refractivity (Wildman–Crippen MR) is 79.1 cm³/mol. The van der Waals surface area contributed by atoms with Gasteiger partial charge in [-0.05, 0) is 43.4 Å². The summed E-state index contributed by atoms with van der Waals surface area (Å²) in [5, 5.41) is 4.46. The van der Waals surface area contributed by atoms with E-state index in [0.717, 1.165) is 18.5 Å². The first-order valence-electron chi connectivity index (χ1n) is 6.85. The van der Waals surface area contributed by atoms with E-state index in [0.29, 0.717) is 0 Å². The van der Waals surface area contributed by atoms with E-state index in [1.807, 2.05) is 17.9 Å². The summed E-state index contributed by atoms with van der Waals surface area (Å²) < 4.78 is 1.86. The van der Waals surface area contributed by atoms with Gasteiger partial charge in [0.2, 0.25) is 0 Å². The van der Waals surface area contributed by atoms with Crippen molar-refractivity contribution in [1.29, 1.82) is 0 Å². The molecule has 0 amide bonds. The van der Waals surface area contributed by atoms with Crippen LogP contribution in [-0.2, 0) is 19.9 Å².